The second kappa shape index (κ2) is 7.19. The van der Waals surface area contributed by atoms with Gasteiger partial charge in [0.05, 0.1) is 27.7 Å². The van der Waals surface area contributed by atoms with Crippen LogP contribution in [0.3, 0.4) is 0 Å². The van der Waals surface area contributed by atoms with E-state index in [-0.39, 0.29) is 15.5 Å². The van der Waals surface area contributed by atoms with Gasteiger partial charge in [-0.05, 0) is 35.9 Å². The first kappa shape index (κ1) is 18.0. The molecule has 26 heavy (non-hydrogen) atoms. The molecule has 0 bridgehead atoms. The van der Waals surface area contributed by atoms with E-state index < -0.39 is 16.0 Å². The van der Waals surface area contributed by atoms with Gasteiger partial charge in [0.15, 0.2) is 0 Å². The first-order valence-corrected chi connectivity index (χ1v) is 9.34. The summed E-state index contributed by atoms with van der Waals surface area (Å²) in [6.45, 7) is 0.393. The topological polar surface area (TPSA) is 101 Å². The number of hydrogen-bond donors (Lipinski definition) is 2. The van der Waals surface area contributed by atoms with Crippen LogP contribution in [0.25, 0.3) is 0 Å². The van der Waals surface area contributed by atoms with E-state index >= 15 is 0 Å². The molecular weight excluding hydrogens is 378 g/mol. The maximum atomic E-state index is 12.7. The molecule has 0 fully saturated rings. The number of aromatic nitrogens is 2. The van der Waals surface area contributed by atoms with Gasteiger partial charge in [-0.15, -0.1) is 0 Å². The van der Waals surface area contributed by atoms with Gasteiger partial charge in [0, 0.05) is 12.4 Å². The second-order valence-corrected chi connectivity index (χ2v) is 7.50. The van der Waals surface area contributed by atoms with Crippen LogP contribution < -0.4 is 4.72 Å². The van der Waals surface area contributed by atoms with E-state index in [1.807, 2.05) is 0 Å². The van der Waals surface area contributed by atoms with Crippen molar-refractivity contribution in [2.24, 2.45) is 0 Å². The number of benzene rings is 2. The third-order valence-electron chi connectivity index (χ3n) is 3.63. The number of carbonyl (C=O) groups is 1. The van der Waals surface area contributed by atoms with Gasteiger partial charge < -0.3 is 5.11 Å². The molecule has 7 nitrogen and oxygen atoms in total. The number of nitrogens with one attached hydrogen (secondary N) is 1. The van der Waals surface area contributed by atoms with Crippen molar-refractivity contribution >= 4 is 33.3 Å². The summed E-state index contributed by atoms with van der Waals surface area (Å²) in [5.74, 6) is -1.23. The van der Waals surface area contributed by atoms with Crippen LogP contribution in [0.15, 0.2) is 65.8 Å². The predicted octanol–water partition coefficient (Wildman–Crippen LogP) is 3.08. The molecule has 3 rings (SSSR count). The minimum absolute atomic E-state index is 0.124. The summed E-state index contributed by atoms with van der Waals surface area (Å²) in [7, 11) is -3.94. The van der Waals surface area contributed by atoms with Crippen LogP contribution in [0.2, 0.25) is 5.02 Å². The summed E-state index contributed by atoms with van der Waals surface area (Å²) in [4.78, 5) is 10.9. The Hall–Kier alpha value is -2.84. The van der Waals surface area contributed by atoms with Crippen molar-refractivity contribution in [2.45, 2.75) is 11.4 Å². The molecule has 0 aliphatic rings. The van der Waals surface area contributed by atoms with Crippen LogP contribution in [0, 0.1) is 0 Å². The third kappa shape index (κ3) is 3.87. The summed E-state index contributed by atoms with van der Waals surface area (Å²) in [6, 6.07) is 12.2. The number of carboxylic acids is 1. The van der Waals surface area contributed by atoms with Crippen LogP contribution in [0.1, 0.15) is 15.9 Å². The largest absolute Gasteiger partial charge is 0.478 e. The highest BCUT2D eigenvalue weighted by Gasteiger charge is 2.19. The normalized spacial score (nSPS) is 11.3. The molecule has 2 aromatic carbocycles. The van der Waals surface area contributed by atoms with Crippen molar-refractivity contribution < 1.29 is 18.3 Å². The van der Waals surface area contributed by atoms with Gasteiger partial charge in [-0.1, -0.05) is 29.8 Å². The Labute approximate surface area is 154 Å². The third-order valence-corrected chi connectivity index (χ3v) is 5.31. The summed E-state index contributed by atoms with van der Waals surface area (Å²) in [5.41, 5.74) is 0.971. The van der Waals surface area contributed by atoms with Crippen LogP contribution in [0.5, 0.6) is 0 Å². The van der Waals surface area contributed by atoms with Crippen molar-refractivity contribution in [2.75, 3.05) is 4.72 Å². The number of anilines is 1. The molecule has 1 heterocycles. The Morgan fingerprint density at radius 3 is 2.62 bits per heavy atom. The van der Waals surface area contributed by atoms with Gasteiger partial charge in [-0.25, -0.2) is 13.2 Å². The first-order valence-electron chi connectivity index (χ1n) is 7.48. The van der Waals surface area contributed by atoms with Crippen molar-refractivity contribution in [3.63, 3.8) is 0 Å². The number of aromatic carboxylic acids is 1. The molecule has 0 atom stereocenters. The van der Waals surface area contributed by atoms with Crippen molar-refractivity contribution in [3.05, 3.63) is 77.1 Å². The lowest BCUT2D eigenvalue weighted by atomic mass is 10.2. The van der Waals surface area contributed by atoms with Crippen molar-refractivity contribution in [1.82, 2.24) is 9.78 Å². The summed E-state index contributed by atoms with van der Waals surface area (Å²) < 4.78 is 29.5. The van der Waals surface area contributed by atoms with Crippen LogP contribution in [0.4, 0.5) is 5.69 Å². The van der Waals surface area contributed by atoms with Gasteiger partial charge in [0.2, 0.25) is 0 Å². The van der Waals surface area contributed by atoms with E-state index in [4.69, 9.17) is 16.7 Å². The molecule has 9 heteroatoms. The van der Waals surface area contributed by atoms with Gasteiger partial charge in [0.1, 0.15) is 0 Å². The zero-order valence-corrected chi connectivity index (χ0v) is 14.9. The summed E-state index contributed by atoms with van der Waals surface area (Å²) in [5, 5.41) is 13.0. The molecular formula is C17H14ClN3O4S. The number of halogens is 1. The number of sulfonamides is 1. The maximum absolute atomic E-state index is 12.7. The molecule has 0 saturated carbocycles. The van der Waals surface area contributed by atoms with Crippen molar-refractivity contribution in [1.29, 1.82) is 0 Å². The molecule has 134 valence electrons. The minimum atomic E-state index is -3.94. The summed E-state index contributed by atoms with van der Waals surface area (Å²) >= 11 is 5.87. The van der Waals surface area contributed by atoms with E-state index in [9.17, 15) is 13.2 Å². The van der Waals surface area contributed by atoms with E-state index in [1.54, 1.807) is 47.4 Å². The smallest absolute Gasteiger partial charge is 0.337 e. The van der Waals surface area contributed by atoms with Crippen LogP contribution >= 0.6 is 11.6 Å². The second-order valence-electron chi connectivity index (χ2n) is 5.41. The zero-order valence-electron chi connectivity index (χ0n) is 13.3. The van der Waals surface area contributed by atoms with E-state index in [2.05, 4.69) is 9.82 Å². The lowest BCUT2D eigenvalue weighted by Crippen LogP contribution is -2.15. The molecule has 0 aliphatic carbocycles. The molecule has 3 aromatic rings. The number of hydrogen-bond acceptors (Lipinski definition) is 4. The fourth-order valence-electron chi connectivity index (χ4n) is 2.37. The van der Waals surface area contributed by atoms with Crippen molar-refractivity contribution in [3.8, 4) is 0 Å². The van der Waals surface area contributed by atoms with E-state index in [0.29, 0.717) is 12.2 Å². The predicted molar refractivity (Wildman–Crippen MR) is 97.0 cm³/mol. The highest BCUT2D eigenvalue weighted by atomic mass is 35.5. The Balaban J connectivity index is 1.91. The highest BCUT2D eigenvalue weighted by molar-refractivity contribution is 7.92. The summed E-state index contributed by atoms with van der Waals surface area (Å²) in [6.07, 6.45) is 3.41. The number of rotatable bonds is 6. The van der Waals surface area contributed by atoms with Crippen LogP contribution in [-0.2, 0) is 16.6 Å². The van der Waals surface area contributed by atoms with Crippen LogP contribution in [-0.4, -0.2) is 29.3 Å². The Kier molecular flexibility index (Phi) is 4.97. The molecule has 0 saturated heterocycles. The minimum Gasteiger partial charge on any atom is -0.478 e. The lowest BCUT2D eigenvalue weighted by molar-refractivity contribution is 0.0697. The van der Waals surface area contributed by atoms with Gasteiger partial charge in [-0.2, -0.15) is 5.10 Å². The molecule has 0 radical (unpaired) electrons. The highest BCUT2D eigenvalue weighted by Crippen LogP contribution is 2.24. The Bertz CT molecular complexity index is 1050. The number of nitrogens with zero attached hydrogens (tertiary/aromatic N) is 2. The fourth-order valence-corrected chi connectivity index (χ4v) is 3.82. The molecule has 2 N–H and O–H groups in total. The zero-order chi connectivity index (χ0) is 18.7. The van der Waals surface area contributed by atoms with Gasteiger partial charge >= 0.3 is 5.97 Å². The fraction of sp³-hybridized carbons (Fsp3) is 0.0588. The monoisotopic (exact) mass is 391 g/mol. The van der Waals surface area contributed by atoms with Gasteiger partial charge in [0.25, 0.3) is 10.0 Å². The Morgan fingerprint density at radius 1 is 1.19 bits per heavy atom. The van der Waals surface area contributed by atoms with E-state index in [1.165, 1.54) is 6.07 Å². The standard InChI is InChI=1S/C17H14ClN3O4S/c18-15-10-13(6-7-14(15)17(22)23)26(24,25)20-16-5-2-1-4-12(16)11-21-9-3-8-19-21/h1-10,20H,11H2,(H,22,23). The molecule has 0 aliphatic heterocycles. The van der Waals surface area contributed by atoms with Gasteiger partial charge in [-0.3, -0.25) is 9.40 Å². The van der Waals surface area contributed by atoms with E-state index in [0.717, 1.165) is 17.7 Å². The average molecular weight is 392 g/mol. The molecule has 0 spiro atoms. The Morgan fingerprint density at radius 2 is 1.96 bits per heavy atom. The number of carboxylic acid groups (broad SMARTS) is 1. The maximum Gasteiger partial charge on any atom is 0.337 e. The first-order chi connectivity index (χ1) is 12.4. The number of para-hydroxylation sites is 1. The quantitative estimate of drug-likeness (QED) is 0.672. The SMILES string of the molecule is O=C(O)c1ccc(S(=O)(=O)Nc2ccccc2Cn2cccn2)cc1Cl. The molecule has 1 aromatic heterocycles. The lowest BCUT2D eigenvalue weighted by Gasteiger charge is -2.13. The average Bonchev–Trinajstić information content (AvgIpc) is 3.09. The molecule has 0 unspecified atom stereocenters. The molecule has 0 amide bonds.